The molecule has 3 heteroatoms. The van der Waals surface area contributed by atoms with Crippen molar-refractivity contribution in [3.8, 4) is 0 Å². The molecule has 0 N–H and O–H groups in total. The first-order chi connectivity index (χ1) is 4.47. The van der Waals surface area contributed by atoms with Gasteiger partial charge < -0.3 is 9.53 Å². The Morgan fingerprint density at radius 3 is 1.80 bits per heavy atom. The van der Waals surface area contributed by atoms with Crippen molar-refractivity contribution < 1.29 is 9.53 Å². The van der Waals surface area contributed by atoms with Crippen LogP contribution in [0.1, 0.15) is 20.8 Å². The van der Waals surface area contributed by atoms with Gasteiger partial charge in [-0.05, 0) is 20.8 Å². The molecule has 2 nitrogen and oxygen atoms in total. The van der Waals surface area contributed by atoms with Crippen LogP contribution in [0.15, 0.2) is 0 Å². The monoisotopic (exact) mass is 210 g/mol. The summed E-state index contributed by atoms with van der Waals surface area (Å²) >= 11 is 3.11. The van der Waals surface area contributed by atoms with Gasteiger partial charge in [0.05, 0.1) is 4.32 Å². The van der Waals surface area contributed by atoms with Crippen LogP contribution in [0.3, 0.4) is 0 Å². The summed E-state index contributed by atoms with van der Waals surface area (Å²) in [5.41, 5.74) is 0. The smallest absolute Gasteiger partial charge is 0.136 e. The van der Waals surface area contributed by atoms with E-state index in [9.17, 15) is 4.79 Å². The Labute approximate surface area is 71.1 Å². The number of hydrogen-bond acceptors (Lipinski definition) is 2. The molecule has 0 radical (unpaired) electrons. The van der Waals surface area contributed by atoms with E-state index in [0.717, 1.165) is 12.9 Å². The van der Waals surface area contributed by atoms with Crippen LogP contribution in [-0.4, -0.2) is 24.3 Å². The lowest BCUT2D eigenvalue weighted by Gasteiger charge is -2.00. The summed E-state index contributed by atoms with van der Waals surface area (Å²) in [6.07, 6.45) is 0.854. The van der Waals surface area contributed by atoms with Crippen LogP contribution in [0.5, 0.6) is 0 Å². The third-order valence-electron chi connectivity index (χ3n) is 0.569. The van der Waals surface area contributed by atoms with Gasteiger partial charge in [-0.1, -0.05) is 15.9 Å². The van der Waals surface area contributed by atoms with E-state index in [-0.39, 0.29) is 4.32 Å². The summed E-state index contributed by atoms with van der Waals surface area (Å²) in [4.78, 5) is 9.78. The van der Waals surface area contributed by atoms with Crippen molar-refractivity contribution in [1.29, 1.82) is 0 Å². The van der Waals surface area contributed by atoms with Crippen LogP contribution in [0, 0.1) is 0 Å². The minimum absolute atomic E-state index is 0.326. The minimum atomic E-state index is -0.326. The van der Waals surface area contributed by atoms with E-state index in [2.05, 4.69) is 20.7 Å². The first kappa shape index (κ1) is 12.8. The number of ether oxygens (including phenoxy) is 1. The number of halogens is 1. The average molecular weight is 211 g/mol. The molecule has 0 aromatic rings. The highest BCUT2D eigenvalue weighted by Gasteiger charge is 2.07. The maximum absolute atomic E-state index is 9.78. The van der Waals surface area contributed by atoms with Gasteiger partial charge in [-0.3, -0.25) is 0 Å². The molecule has 0 aromatic heterocycles. The maximum Gasteiger partial charge on any atom is 0.136 e. The van der Waals surface area contributed by atoms with E-state index < -0.39 is 0 Å². The number of carbonyl (C=O) groups excluding carboxylic acids is 1. The van der Waals surface area contributed by atoms with Crippen molar-refractivity contribution in [3.63, 3.8) is 0 Å². The Morgan fingerprint density at radius 2 is 1.80 bits per heavy atom. The lowest BCUT2D eigenvalue weighted by molar-refractivity contribution is -0.109. The Bertz CT molecular complexity index is 74.2. The largest absolute Gasteiger partial charge is 0.385 e. The van der Waals surface area contributed by atoms with Crippen LogP contribution in [0.2, 0.25) is 0 Å². The highest BCUT2D eigenvalue weighted by molar-refractivity contribution is 9.10. The van der Waals surface area contributed by atoms with E-state index in [1.165, 1.54) is 0 Å². The summed E-state index contributed by atoms with van der Waals surface area (Å²) in [6.45, 7) is 6.36. The lowest BCUT2D eigenvalue weighted by Crippen LogP contribution is -2.09. The van der Waals surface area contributed by atoms with Gasteiger partial charge in [0.1, 0.15) is 6.29 Å². The SMILES string of the molecule is CC(C)(Br)C=O.CCOC. The zero-order valence-corrected chi connectivity index (χ0v) is 8.56. The Kier molecular flexibility index (Phi) is 9.21. The van der Waals surface area contributed by atoms with E-state index in [0.29, 0.717) is 0 Å². The van der Waals surface area contributed by atoms with Crippen LogP contribution in [-0.2, 0) is 9.53 Å². The first-order valence-electron chi connectivity index (χ1n) is 3.12. The van der Waals surface area contributed by atoms with Gasteiger partial charge >= 0.3 is 0 Å². The number of methoxy groups -OCH3 is 1. The molecule has 0 heterocycles. The Morgan fingerprint density at radius 1 is 1.60 bits per heavy atom. The van der Waals surface area contributed by atoms with Gasteiger partial charge in [0.2, 0.25) is 0 Å². The number of aldehydes is 1. The molecule has 0 saturated carbocycles. The second-order valence-electron chi connectivity index (χ2n) is 2.26. The van der Waals surface area contributed by atoms with Crippen molar-refractivity contribution in [2.24, 2.45) is 0 Å². The molecule has 0 aliphatic rings. The summed E-state index contributed by atoms with van der Waals surface area (Å²) < 4.78 is 4.22. The molecule has 0 spiro atoms. The van der Waals surface area contributed by atoms with Crippen LogP contribution < -0.4 is 0 Å². The van der Waals surface area contributed by atoms with Crippen molar-refractivity contribution in [2.45, 2.75) is 25.1 Å². The molecular weight excluding hydrogens is 196 g/mol. The zero-order valence-electron chi connectivity index (χ0n) is 6.98. The second-order valence-corrected chi connectivity index (χ2v) is 4.30. The molecule has 0 saturated heterocycles. The summed E-state index contributed by atoms with van der Waals surface area (Å²) in [5, 5.41) is 0. The lowest BCUT2D eigenvalue weighted by atomic mass is 10.3. The molecule has 0 fully saturated rings. The van der Waals surface area contributed by atoms with E-state index >= 15 is 0 Å². The van der Waals surface area contributed by atoms with Crippen LogP contribution in [0.4, 0.5) is 0 Å². The number of alkyl halides is 1. The van der Waals surface area contributed by atoms with E-state index in [1.54, 1.807) is 21.0 Å². The molecule has 0 unspecified atom stereocenters. The fraction of sp³-hybridized carbons (Fsp3) is 0.857. The van der Waals surface area contributed by atoms with Crippen molar-refractivity contribution in [3.05, 3.63) is 0 Å². The van der Waals surface area contributed by atoms with Gasteiger partial charge in [0.25, 0.3) is 0 Å². The third kappa shape index (κ3) is 24.3. The normalized spacial score (nSPS) is 9.70. The summed E-state index contributed by atoms with van der Waals surface area (Å²) in [5.74, 6) is 0. The molecular formula is C7H15BrO2. The molecule has 0 bridgehead atoms. The van der Waals surface area contributed by atoms with Crippen molar-refractivity contribution in [1.82, 2.24) is 0 Å². The van der Waals surface area contributed by atoms with Gasteiger partial charge in [0, 0.05) is 13.7 Å². The molecule has 0 rings (SSSR count). The minimum Gasteiger partial charge on any atom is -0.385 e. The maximum atomic E-state index is 9.78. The predicted octanol–water partition coefficient (Wildman–Crippen LogP) is 2.01. The van der Waals surface area contributed by atoms with Crippen molar-refractivity contribution >= 4 is 22.2 Å². The summed E-state index contributed by atoms with van der Waals surface area (Å²) in [7, 11) is 1.68. The first-order valence-corrected chi connectivity index (χ1v) is 3.91. The van der Waals surface area contributed by atoms with Gasteiger partial charge in [-0.25, -0.2) is 0 Å². The third-order valence-corrected chi connectivity index (χ3v) is 0.756. The highest BCUT2D eigenvalue weighted by atomic mass is 79.9. The zero-order chi connectivity index (χ0) is 8.62. The van der Waals surface area contributed by atoms with Gasteiger partial charge in [0.15, 0.2) is 0 Å². The van der Waals surface area contributed by atoms with Crippen LogP contribution in [0.25, 0.3) is 0 Å². The van der Waals surface area contributed by atoms with E-state index in [4.69, 9.17) is 0 Å². The van der Waals surface area contributed by atoms with Crippen molar-refractivity contribution in [2.75, 3.05) is 13.7 Å². The Balaban J connectivity index is 0. The number of hydrogen-bond donors (Lipinski definition) is 0. The fourth-order valence-electron chi connectivity index (χ4n) is 0. The summed E-state index contributed by atoms with van der Waals surface area (Å²) in [6, 6.07) is 0. The topological polar surface area (TPSA) is 26.3 Å². The predicted molar refractivity (Wildman–Crippen MR) is 46.6 cm³/mol. The average Bonchev–Trinajstić information content (AvgIpc) is 1.87. The second kappa shape index (κ2) is 7.22. The highest BCUT2D eigenvalue weighted by Crippen LogP contribution is 2.09. The van der Waals surface area contributed by atoms with E-state index in [1.807, 2.05) is 6.92 Å². The fourth-order valence-corrected chi connectivity index (χ4v) is 0. The molecule has 0 aromatic carbocycles. The van der Waals surface area contributed by atoms with Crippen LogP contribution >= 0.6 is 15.9 Å². The number of rotatable bonds is 2. The molecule has 10 heavy (non-hydrogen) atoms. The molecule has 0 aliphatic heterocycles. The van der Waals surface area contributed by atoms with Gasteiger partial charge in [-0.15, -0.1) is 0 Å². The quantitative estimate of drug-likeness (QED) is 0.515. The molecule has 0 aliphatic carbocycles. The standard InChI is InChI=1S/C4H7BrO.C3H8O/c1-4(2,5)3-6;1-3-4-2/h3H,1-2H3;3H2,1-2H3. The number of carbonyl (C=O) groups is 1. The molecule has 62 valence electrons. The Hall–Kier alpha value is 0.110. The molecule has 0 amide bonds. The van der Waals surface area contributed by atoms with Gasteiger partial charge in [-0.2, -0.15) is 0 Å². The molecule has 0 atom stereocenters.